The van der Waals surface area contributed by atoms with Crippen molar-refractivity contribution in [2.45, 2.75) is 33.2 Å². The molecule has 1 fully saturated rings. The zero-order chi connectivity index (χ0) is 13.3. The Morgan fingerprint density at radius 2 is 2.06 bits per heavy atom. The van der Waals surface area contributed by atoms with Crippen molar-refractivity contribution in [3.63, 3.8) is 0 Å². The highest BCUT2D eigenvalue weighted by atomic mass is 16.5. The normalized spacial score (nSPS) is 28.2. The van der Waals surface area contributed by atoms with Gasteiger partial charge in [0.05, 0.1) is 7.11 Å². The zero-order valence-corrected chi connectivity index (χ0v) is 11.6. The molecule has 2 rings (SSSR count). The Hall–Kier alpha value is -1.52. The summed E-state index contributed by atoms with van der Waals surface area (Å²) in [6, 6.07) is 0.433. The minimum Gasteiger partial charge on any atom is -0.479 e. The maximum Gasteiger partial charge on any atom is 0.242 e. The fourth-order valence-electron chi connectivity index (χ4n) is 2.76. The largest absolute Gasteiger partial charge is 0.479 e. The fourth-order valence-corrected chi connectivity index (χ4v) is 2.76. The van der Waals surface area contributed by atoms with Crippen LogP contribution in [-0.2, 0) is 0 Å². The molecule has 3 unspecified atom stereocenters. The van der Waals surface area contributed by atoms with Crippen LogP contribution in [0.3, 0.4) is 0 Å². The minimum atomic E-state index is 0.433. The predicted octanol–water partition coefficient (Wildman–Crippen LogP) is 1.94. The van der Waals surface area contributed by atoms with Crippen LogP contribution in [0.4, 0.5) is 11.5 Å². The highest BCUT2D eigenvalue weighted by molar-refractivity contribution is 5.68. The first-order valence-electron chi connectivity index (χ1n) is 6.45. The van der Waals surface area contributed by atoms with Gasteiger partial charge in [-0.1, -0.05) is 13.8 Å². The molecule has 0 amide bonds. The monoisotopic (exact) mass is 250 g/mol. The summed E-state index contributed by atoms with van der Waals surface area (Å²) in [4.78, 5) is 10.6. The molecule has 5 heteroatoms. The molecule has 1 aromatic rings. The lowest BCUT2D eigenvalue weighted by molar-refractivity contribution is 0.295. The summed E-state index contributed by atoms with van der Waals surface area (Å²) in [5.74, 6) is 2.54. The van der Waals surface area contributed by atoms with Gasteiger partial charge in [-0.05, 0) is 25.2 Å². The number of rotatable bonds is 2. The summed E-state index contributed by atoms with van der Waals surface area (Å²) < 4.78 is 5.16. The molecule has 1 aliphatic rings. The maximum atomic E-state index is 6.09. The third-order valence-corrected chi connectivity index (χ3v) is 3.89. The molecule has 100 valence electrons. The maximum absolute atomic E-state index is 6.09. The average Bonchev–Trinajstić information content (AvgIpc) is 2.34. The standard InChI is InChI=1S/C13H22N4O/c1-8-5-9(2)10(3)17(6-8)12-11(14)13(18-4)16-7-15-12/h7-10H,5-6,14H2,1-4H3. The van der Waals surface area contributed by atoms with Gasteiger partial charge in [-0.15, -0.1) is 0 Å². The van der Waals surface area contributed by atoms with E-state index in [-0.39, 0.29) is 0 Å². The Labute approximate surface area is 108 Å². The van der Waals surface area contributed by atoms with Crippen molar-refractivity contribution in [2.24, 2.45) is 11.8 Å². The first-order chi connectivity index (χ1) is 8.54. The Bertz CT molecular complexity index is 423. The van der Waals surface area contributed by atoms with Crippen molar-refractivity contribution in [1.82, 2.24) is 9.97 Å². The molecule has 3 atom stereocenters. The van der Waals surface area contributed by atoms with Gasteiger partial charge in [0.25, 0.3) is 0 Å². The Kier molecular flexibility index (Phi) is 3.59. The van der Waals surface area contributed by atoms with Crippen molar-refractivity contribution in [2.75, 3.05) is 24.3 Å². The van der Waals surface area contributed by atoms with Crippen molar-refractivity contribution >= 4 is 11.5 Å². The number of piperidine rings is 1. The molecule has 0 spiro atoms. The fraction of sp³-hybridized carbons (Fsp3) is 0.692. The van der Waals surface area contributed by atoms with Gasteiger partial charge in [0.15, 0.2) is 5.82 Å². The second-order valence-corrected chi connectivity index (χ2v) is 5.33. The molecular formula is C13H22N4O. The van der Waals surface area contributed by atoms with E-state index < -0.39 is 0 Å². The van der Waals surface area contributed by atoms with E-state index in [1.54, 1.807) is 7.11 Å². The summed E-state index contributed by atoms with van der Waals surface area (Å²) >= 11 is 0. The number of hydrogen-bond donors (Lipinski definition) is 1. The summed E-state index contributed by atoms with van der Waals surface area (Å²) in [6.45, 7) is 7.76. The number of nitrogens with zero attached hydrogens (tertiary/aromatic N) is 3. The average molecular weight is 250 g/mol. The highest BCUT2D eigenvalue weighted by Crippen LogP contribution is 2.35. The number of ether oxygens (including phenoxy) is 1. The molecule has 0 saturated carbocycles. The number of aromatic nitrogens is 2. The van der Waals surface area contributed by atoms with Gasteiger partial charge in [-0.2, -0.15) is 4.98 Å². The summed E-state index contributed by atoms with van der Waals surface area (Å²) in [5.41, 5.74) is 6.62. The van der Waals surface area contributed by atoms with Crippen LogP contribution in [-0.4, -0.2) is 29.7 Å². The van der Waals surface area contributed by atoms with Crippen LogP contribution >= 0.6 is 0 Å². The van der Waals surface area contributed by atoms with Crippen molar-refractivity contribution in [1.29, 1.82) is 0 Å². The Balaban J connectivity index is 2.35. The molecule has 1 saturated heterocycles. The lowest BCUT2D eigenvalue weighted by Crippen LogP contribution is -2.46. The van der Waals surface area contributed by atoms with E-state index in [0.717, 1.165) is 12.4 Å². The Morgan fingerprint density at radius 1 is 1.33 bits per heavy atom. The second kappa shape index (κ2) is 5.00. The third-order valence-electron chi connectivity index (χ3n) is 3.89. The van der Waals surface area contributed by atoms with E-state index in [4.69, 9.17) is 10.5 Å². The van der Waals surface area contributed by atoms with E-state index >= 15 is 0 Å². The number of hydrogen-bond acceptors (Lipinski definition) is 5. The number of nitrogens with two attached hydrogens (primary N) is 1. The minimum absolute atomic E-state index is 0.433. The van der Waals surface area contributed by atoms with Crippen LogP contribution in [0.25, 0.3) is 0 Å². The molecule has 18 heavy (non-hydrogen) atoms. The molecule has 2 heterocycles. The van der Waals surface area contributed by atoms with Gasteiger partial charge in [-0.3, -0.25) is 0 Å². The van der Waals surface area contributed by atoms with E-state index in [0.29, 0.717) is 29.4 Å². The van der Waals surface area contributed by atoms with Crippen LogP contribution in [0.2, 0.25) is 0 Å². The van der Waals surface area contributed by atoms with E-state index in [1.807, 2.05) is 0 Å². The van der Waals surface area contributed by atoms with Crippen LogP contribution in [0.5, 0.6) is 5.88 Å². The van der Waals surface area contributed by atoms with Crippen LogP contribution in [0, 0.1) is 11.8 Å². The number of methoxy groups -OCH3 is 1. The van der Waals surface area contributed by atoms with E-state index in [9.17, 15) is 0 Å². The number of nitrogen functional groups attached to an aromatic ring is 1. The second-order valence-electron chi connectivity index (χ2n) is 5.33. The molecule has 2 N–H and O–H groups in total. The van der Waals surface area contributed by atoms with Gasteiger partial charge in [-0.25, -0.2) is 4.98 Å². The zero-order valence-electron chi connectivity index (χ0n) is 11.6. The van der Waals surface area contributed by atoms with E-state index in [2.05, 4.69) is 35.6 Å². The Morgan fingerprint density at radius 3 is 2.72 bits per heavy atom. The van der Waals surface area contributed by atoms with E-state index in [1.165, 1.54) is 12.7 Å². The van der Waals surface area contributed by atoms with Gasteiger partial charge in [0.1, 0.15) is 12.0 Å². The van der Waals surface area contributed by atoms with Gasteiger partial charge >= 0.3 is 0 Å². The smallest absolute Gasteiger partial charge is 0.242 e. The number of anilines is 2. The quantitative estimate of drug-likeness (QED) is 0.869. The molecular weight excluding hydrogens is 228 g/mol. The lowest BCUT2D eigenvalue weighted by Gasteiger charge is -2.42. The van der Waals surface area contributed by atoms with Crippen LogP contribution in [0.1, 0.15) is 27.2 Å². The molecule has 0 aliphatic carbocycles. The topological polar surface area (TPSA) is 64.3 Å². The molecule has 0 radical (unpaired) electrons. The SMILES string of the molecule is COc1ncnc(N2CC(C)CC(C)C2C)c1N. The molecule has 0 aromatic carbocycles. The molecule has 1 aromatic heterocycles. The predicted molar refractivity (Wildman–Crippen MR) is 72.7 cm³/mol. The lowest BCUT2D eigenvalue weighted by atomic mass is 9.86. The third kappa shape index (κ3) is 2.21. The van der Waals surface area contributed by atoms with Crippen LogP contribution in [0.15, 0.2) is 6.33 Å². The van der Waals surface area contributed by atoms with Crippen LogP contribution < -0.4 is 15.4 Å². The van der Waals surface area contributed by atoms with Crippen molar-refractivity contribution < 1.29 is 4.74 Å². The molecule has 5 nitrogen and oxygen atoms in total. The highest BCUT2D eigenvalue weighted by Gasteiger charge is 2.31. The van der Waals surface area contributed by atoms with Crippen molar-refractivity contribution in [3.8, 4) is 5.88 Å². The summed E-state index contributed by atoms with van der Waals surface area (Å²) in [6.07, 6.45) is 2.76. The van der Waals surface area contributed by atoms with Gasteiger partial charge in [0, 0.05) is 12.6 Å². The van der Waals surface area contributed by atoms with Gasteiger partial charge < -0.3 is 15.4 Å². The first kappa shape index (κ1) is 12.9. The summed E-state index contributed by atoms with van der Waals surface area (Å²) in [7, 11) is 1.58. The molecule has 0 bridgehead atoms. The van der Waals surface area contributed by atoms with Gasteiger partial charge in [0.2, 0.25) is 5.88 Å². The molecule has 1 aliphatic heterocycles. The summed E-state index contributed by atoms with van der Waals surface area (Å²) in [5, 5.41) is 0. The van der Waals surface area contributed by atoms with Crippen molar-refractivity contribution in [3.05, 3.63) is 6.33 Å². The first-order valence-corrected chi connectivity index (χ1v) is 6.45.